The average Bonchev–Trinajstić information content (AvgIpc) is 2.22. The molecule has 0 aliphatic heterocycles. The van der Waals surface area contributed by atoms with Gasteiger partial charge in [0.2, 0.25) is 5.67 Å². The first-order valence-electron chi connectivity index (χ1n) is 5.33. The maximum absolute atomic E-state index is 14.2. The second-order valence-electron chi connectivity index (χ2n) is 4.02. The zero-order chi connectivity index (χ0) is 12.3. The van der Waals surface area contributed by atoms with Crippen LogP contribution in [0.15, 0.2) is 18.2 Å². The van der Waals surface area contributed by atoms with E-state index in [4.69, 9.17) is 4.74 Å². The van der Waals surface area contributed by atoms with E-state index in [0.717, 1.165) is 11.1 Å². The van der Waals surface area contributed by atoms with Crippen molar-refractivity contribution < 1.29 is 13.9 Å². The normalized spacial score (nSPS) is 14.3. The molecule has 0 spiro atoms. The standard InChI is InChI=1S/C13H17FO2/c1-5-16-12(15)13(4,14)11-7-6-9(2)10(3)8-11/h6-8H,5H2,1-4H3. The predicted octanol–water partition coefficient (Wildman–Crippen LogP) is 3.05. The van der Waals surface area contributed by atoms with Crippen molar-refractivity contribution in [2.75, 3.05) is 6.61 Å². The molecular weight excluding hydrogens is 207 g/mol. The smallest absolute Gasteiger partial charge is 0.348 e. The Hall–Kier alpha value is -1.38. The van der Waals surface area contributed by atoms with Gasteiger partial charge in [-0.1, -0.05) is 18.2 Å². The lowest BCUT2D eigenvalue weighted by Gasteiger charge is -2.19. The van der Waals surface area contributed by atoms with Crippen LogP contribution in [-0.2, 0) is 15.2 Å². The highest BCUT2D eigenvalue weighted by Crippen LogP contribution is 2.28. The monoisotopic (exact) mass is 224 g/mol. The van der Waals surface area contributed by atoms with Gasteiger partial charge in [0, 0.05) is 5.56 Å². The van der Waals surface area contributed by atoms with Crippen LogP contribution in [0.25, 0.3) is 0 Å². The quantitative estimate of drug-likeness (QED) is 0.737. The summed E-state index contributed by atoms with van der Waals surface area (Å²) in [5.41, 5.74) is 0.303. The van der Waals surface area contributed by atoms with Crippen LogP contribution in [0.2, 0.25) is 0 Å². The maximum Gasteiger partial charge on any atom is 0.348 e. The second kappa shape index (κ2) is 4.64. The van der Waals surface area contributed by atoms with E-state index in [1.165, 1.54) is 6.92 Å². The molecule has 0 heterocycles. The third-order valence-corrected chi connectivity index (χ3v) is 2.71. The van der Waals surface area contributed by atoms with Crippen LogP contribution in [0, 0.1) is 13.8 Å². The lowest BCUT2D eigenvalue weighted by molar-refractivity contribution is -0.156. The maximum atomic E-state index is 14.2. The zero-order valence-corrected chi connectivity index (χ0v) is 10.1. The number of benzene rings is 1. The summed E-state index contributed by atoms with van der Waals surface area (Å²) in [6.07, 6.45) is 0. The number of rotatable bonds is 3. The van der Waals surface area contributed by atoms with Gasteiger partial charge in [0.25, 0.3) is 0 Å². The largest absolute Gasteiger partial charge is 0.463 e. The molecule has 0 bridgehead atoms. The third-order valence-electron chi connectivity index (χ3n) is 2.71. The Kier molecular flexibility index (Phi) is 3.68. The van der Waals surface area contributed by atoms with Crippen LogP contribution >= 0.6 is 0 Å². The van der Waals surface area contributed by atoms with E-state index in [1.54, 1.807) is 19.1 Å². The fourth-order valence-corrected chi connectivity index (χ4v) is 1.42. The van der Waals surface area contributed by atoms with Crippen molar-refractivity contribution in [1.29, 1.82) is 0 Å². The number of hydrogen-bond donors (Lipinski definition) is 0. The Morgan fingerprint density at radius 3 is 2.50 bits per heavy atom. The highest BCUT2D eigenvalue weighted by molar-refractivity contribution is 5.80. The molecule has 0 aromatic heterocycles. The summed E-state index contributed by atoms with van der Waals surface area (Å²) in [7, 11) is 0. The summed E-state index contributed by atoms with van der Waals surface area (Å²) in [4.78, 5) is 11.5. The molecule has 0 amide bonds. The van der Waals surface area contributed by atoms with Crippen molar-refractivity contribution >= 4 is 5.97 Å². The lowest BCUT2D eigenvalue weighted by Crippen LogP contribution is -2.29. The van der Waals surface area contributed by atoms with Gasteiger partial charge in [0.1, 0.15) is 0 Å². The Bertz CT molecular complexity index is 397. The molecule has 0 N–H and O–H groups in total. The lowest BCUT2D eigenvalue weighted by atomic mass is 9.94. The van der Waals surface area contributed by atoms with Gasteiger partial charge >= 0.3 is 5.97 Å². The third kappa shape index (κ3) is 2.40. The topological polar surface area (TPSA) is 26.3 Å². The summed E-state index contributed by atoms with van der Waals surface area (Å²) < 4.78 is 19.0. The molecule has 2 nitrogen and oxygen atoms in total. The van der Waals surface area contributed by atoms with Crippen LogP contribution in [0.1, 0.15) is 30.5 Å². The Balaban J connectivity index is 3.06. The molecule has 0 saturated carbocycles. The van der Waals surface area contributed by atoms with E-state index in [0.29, 0.717) is 5.56 Å². The molecule has 0 radical (unpaired) electrons. The van der Waals surface area contributed by atoms with E-state index in [9.17, 15) is 9.18 Å². The summed E-state index contributed by atoms with van der Waals surface area (Å²) in [6, 6.07) is 5.12. The van der Waals surface area contributed by atoms with Crippen molar-refractivity contribution in [3.63, 3.8) is 0 Å². The fourth-order valence-electron chi connectivity index (χ4n) is 1.42. The molecule has 1 aromatic rings. The van der Waals surface area contributed by atoms with Crippen molar-refractivity contribution in [2.24, 2.45) is 0 Å². The molecule has 1 rings (SSSR count). The zero-order valence-electron chi connectivity index (χ0n) is 10.1. The molecule has 1 atom stereocenters. The number of carbonyl (C=O) groups excluding carboxylic acids is 1. The predicted molar refractivity (Wildman–Crippen MR) is 61.0 cm³/mol. The van der Waals surface area contributed by atoms with Crippen molar-refractivity contribution in [3.8, 4) is 0 Å². The van der Waals surface area contributed by atoms with Gasteiger partial charge in [-0.3, -0.25) is 0 Å². The summed E-state index contributed by atoms with van der Waals surface area (Å²) in [5, 5.41) is 0. The minimum Gasteiger partial charge on any atom is -0.463 e. The van der Waals surface area contributed by atoms with Crippen molar-refractivity contribution in [2.45, 2.75) is 33.4 Å². The van der Waals surface area contributed by atoms with E-state index < -0.39 is 11.6 Å². The molecule has 1 unspecified atom stereocenters. The molecule has 3 heteroatoms. The molecule has 0 fully saturated rings. The van der Waals surface area contributed by atoms with Crippen LogP contribution in [0.4, 0.5) is 4.39 Å². The highest BCUT2D eigenvalue weighted by Gasteiger charge is 2.36. The van der Waals surface area contributed by atoms with E-state index in [1.807, 2.05) is 19.9 Å². The average molecular weight is 224 g/mol. The number of carbonyl (C=O) groups is 1. The van der Waals surface area contributed by atoms with Crippen molar-refractivity contribution in [3.05, 3.63) is 34.9 Å². The number of esters is 1. The van der Waals surface area contributed by atoms with E-state index >= 15 is 0 Å². The van der Waals surface area contributed by atoms with Gasteiger partial charge in [0.15, 0.2) is 0 Å². The first kappa shape index (κ1) is 12.7. The molecule has 88 valence electrons. The van der Waals surface area contributed by atoms with Gasteiger partial charge in [-0.2, -0.15) is 0 Å². The van der Waals surface area contributed by atoms with Gasteiger partial charge < -0.3 is 4.74 Å². The van der Waals surface area contributed by atoms with Gasteiger partial charge in [-0.25, -0.2) is 9.18 Å². The fraction of sp³-hybridized carbons (Fsp3) is 0.462. The van der Waals surface area contributed by atoms with Gasteiger partial charge in [0.05, 0.1) is 6.61 Å². The molecular formula is C13H17FO2. The number of ether oxygens (including phenoxy) is 1. The first-order valence-corrected chi connectivity index (χ1v) is 5.33. The first-order chi connectivity index (χ1) is 7.39. The second-order valence-corrected chi connectivity index (χ2v) is 4.02. The van der Waals surface area contributed by atoms with Crippen LogP contribution in [0.5, 0.6) is 0 Å². The number of halogens is 1. The van der Waals surface area contributed by atoms with Crippen LogP contribution < -0.4 is 0 Å². The van der Waals surface area contributed by atoms with Crippen LogP contribution in [-0.4, -0.2) is 12.6 Å². The Morgan fingerprint density at radius 1 is 1.38 bits per heavy atom. The summed E-state index contributed by atoms with van der Waals surface area (Å²) >= 11 is 0. The van der Waals surface area contributed by atoms with Gasteiger partial charge in [-0.15, -0.1) is 0 Å². The van der Waals surface area contributed by atoms with Gasteiger partial charge in [-0.05, 0) is 38.8 Å². The molecule has 1 aromatic carbocycles. The Morgan fingerprint density at radius 2 is 2.00 bits per heavy atom. The summed E-state index contributed by atoms with van der Waals surface area (Å²) in [6.45, 7) is 6.91. The molecule has 16 heavy (non-hydrogen) atoms. The minimum absolute atomic E-state index is 0.184. The number of alkyl halides is 1. The SMILES string of the molecule is CCOC(=O)C(C)(F)c1ccc(C)c(C)c1. The molecule has 0 saturated heterocycles. The van der Waals surface area contributed by atoms with Crippen molar-refractivity contribution in [1.82, 2.24) is 0 Å². The Labute approximate surface area is 95.4 Å². The number of aryl methyl sites for hydroxylation is 2. The highest BCUT2D eigenvalue weighted by atomic mass is 19.1. The molecule has 0 aliphatic carbocycles. The van der Waals surface area contributed by atoms with Crippen LogP contribution in [0.3, 0.4) is 0 Å². The summed E-state index contributed by atoms with van der Waals surface area (Å²) in [5.74, 6) is -0.835. The molecule has 0 aliphatic rings. The minimum atomic E-state index is -2.07. The number of hydrogen-bond acceptors (Lipinski definition) is 2. The van der Waals surface area contributed by atoms with E-state index in [-0.39, 0.29) is 6.61 Å². The van der Waals surface area contributed by atoms with E-state index in [2.05, 4.69) is 0 Å².